The lowest BCUT2D eigenvalue weighted by molar-refractivity contribution is 0.00578. The van der Waals surface area contributed by atoms with E-state index in [9.17, 15) is 0 Å². The molecule has 7 rings (SSSR count). The second-order valence-corrected chi connectivity index (χ2v) is 10.1. The number of hydrogen-bond acceptors (Lipinski definition) is 2. The number of hydrogen-bond donors (Lipinski definition) is 0. The quantitative estimate of drug-likeness (QED) is 0.294. The van der Waals surface area contributed by atoms with Crippen LogP contribution in [0.25, 0.3) is 48.9 Å². The van der Waals surface area contributed by atoms with Crippen LogP contribution in [0.4, 0.5) is 0 Å². The molecule has 1 aliphatic rings. The summed E-state index contributed by atoms with van der Waals surface area (Å²) in [6, 6.07) is 26.6. The first kappa shape index (κ1) is 18.5. The predicted molar refractivity (Wildman–Crippen MR) is 134 cm³/mol. The zero-order valence-corrected chi connectivity index (χ0v) is 18.8. The Hall–Kier alpha value is -3.08. The van der Waals surface area contributed by atoms with Crippen LogP contribution in [0.15, 0.2) is 72.8 Å². The molecule has 156 valence electrons. The van der Waals surface area contributed by atoms with Crippen molar-refractivity contribution in [3.05, 3.63) is 72.8 Å². The van der Waals surface area contributed by atoms with Gasteiger partial charge >= 0.3 is 7.12 Å². The second kappa shape index (κ2) is 5.83. The Bertz CT molecular complexity index is 1680. The zero-order chi connectivity index (χ0) is 21.8. The van der Waals surface area contributed by atoms with Gasteiger partial charge in [0.2, 0.25) is 0 Å². The Morgan fingerprint density at radius 1 is 0.625 bits per heavy atom. The summed E-state index contributed by atoms with van der Waals surface area (Å²) in [6.45, 7) is 8.39. The van der Waals surface area contributed by atoms with Crippen molar-refractivity contribution in [2.75, 3.05) is 0 Å². The molecule has 0 amide bonds. The molecule has 4 heteroatoms. The summed E-state index contributed by atoms with van der Waals surface area (Å²) < 4.78 is 15.0. The van der Waals surface area contributed by atoms with E-state index in [0.29, 0.717) is 0 Å². The second-order valence-electron chi connectivity index (χ2n) is 10.1. The first-order valence-corrected chi connectivity index (χ1v) is 11.3. The van der Waals surface area contributed by atoms with Crippen molar-refractivity contribution in [1.82, 2.24) is 4.40 Å². The molecule has 0 N–H and O–H groups in total. The molecule has 2 aromatic heterocycles. The van der Waals surface area contributed by atoms with Gasteiger partial charge < -0.3 is 13.7 Å². The van der Waals surface area contributed by atoms with Crippen molar-refractivity contribution in [3.63, 3.8) is 0 Å². The summed E-state index contributed by atoms with van der Waals surface area (Å²) in [7, 11) is -0.348. The third-order valence-electron chi connectivity index (χ3n) is 7.73. The van der Waals surface area contributed by atoms with E-state index in [1.165, 1.54) is 48.9 Å². The van der Waals surface area contributed by atoms with Crippen molar-refractivity contribution in [2.45, 2.75) is 38.9 Å². The average molecular weight is 417 g/mol. The van der Waals surface area contributed by atoms with Crippen LogP contribution in [-0.4, -0.2) is 22.7 Å². The smallest absolute Gasteiger partial charge is 0.399 e. The Morgan fingerprint density at radius 3 is 2.09 bits per heavy atom. The molecule has 1 saturated heterocycles. The van der Waals surface area contributed by atoms with Gasteiger partial charge in [-0.2, -0.15) is 0 Å². The van der Waals surface area contributed by atoms with Gasteiger partial charge in [-0.05, 0) is 62.1 Å². The highest BCUT2D eigenvalue weighted by Crippen LogP contribution is 2.40. The molecule has 0 saturated carbocycles. The van der Waals surface area contributed by atoms with Gasteiger partial charge in [0, 0.05) is 21.5 Å². The van der Waals surface area contributed by atoms with Crippen molar-refractivity contribution in [1.29, 1.82) is 0 Å². The number of para-hydroxylation sites is 2. The topological polar surface area (TPSA) is 22.9 Å². The summed E-state index contributed by atoms with van der Waals surface area (Å²) in [5.41, 5.74) is 4.22. The first-order valence-electron chi connectivity index (χ1n) is 11.3. The van der Waals surface area contributed by atoms with Crippen LogP contribution in [0.3, 0.4) is 0 Å². The van der Waals surface area contributed by atoms with Gasteiger partial charge in [-0.3, -0.25) is 0 Å². The molecule has 3 nitrogen and oxygen atoms in total. The molecule has 1 fully saturated rings. The fourth-order valence-electron chi connectivity index (χ4n) is 5.32. The van der Waals surface area contributed by atoms with Gasteiger partial charge in [-0.25, -0.2) is 0 Å². The van der Waals surface area contributed by atoms with E-state index in [-0.39, 0.29) is 18.3 Å². The summed E-state index contributed by atoms with van der Waals surface area (Å²) in [5.74, 6) is 0. The summed E-state index contributed by atoms with van der Waals surface area (Å²) in [4.78, 5) is 0. The Kier molecular flexibility index (Phi) is 3.37. The van der Waals surface area contributed by atoms with Crippen LogP contribution in [-0.2, 0) is 9.31 Å². The monoisotopic (exact) mass is 417 g/mol. The van der Waals surface area contributed by atoms with Crippen molar-refractivity contribution < 1.29 is 9.31 Å². The largest absolute Gasteiger partial charge is 0.494 e. The van der Waals surface area contributed by atoms with E-state index >= 15 is 0 Å². The highest BCUT2D eigenvalue weighted by Gasteiger charge is 2.51. The van der Waals surface area contributed by atoms with E-state index < -0.39 is 0 Å². The molecule has 6 aromatic rings. The molecular formula is C28H24BNO2. The Labute approximate surface area is 187 Å². The third-order valence-corrected chi connectivity index (χ3v) is 7.73. The van der Waals surface area contributed by atoms with Gasteiger partial charge in [0.1, 0.15) is 0 Å². The first-order chi connectivity index (χ1) is 15.3. The SMILES string of the molecule is CC1(C)OB(c2ccc3cc4c(cc3c2)c2cccc3c5ccccc5n4c32)OC1(C)C. The highest BCUT2D eigenvalue weighted by atomic mass is 16.7. The molecule has 3 heterocycles. The molecule has 0 radical (unpaired) electrons. The van der Waals surface area contributed by atoms with E-state index in [4.69, 9.17) is 9.31 Å². The van der Waals surface area contributed by atoms with Gasteiger partial charge in [-0.15, -0.1) is 0 Å². The number of rotatable bonds is 1. The van der Waals surface area contributed by atoms with Crippen molar-refractivity contribution in [3.8, 4) is 0 Å². The maximum Gasteiger partial charge on any atom is 0.494 e. The van der Waals surface area contributed by atoms with Crippen molar-refractivity contribution in [2.24, 2.45) is 0 Å². The molecule has 0 aliphatic carbocycles. The van der Waals surface area contributed by atoms with Gasteiger partial charge in [0.05, 0.1) is 27.8 Å². The predicted octanol–water partition coefficient (Wildman–Crippen LogP) is 6.29. The van der Waals surface area contributed by atoms with Crippen LogP contribution in [0.1, 0.15) is 27.7 Å². The minimum atomic E-state index is -0.348. The molecule has 0 spiro atoms. The van der Waals surface area contributed by atoms with E-state index in [2.05, 4.69) is 105 Å². The summed E-state index contributed by atoms with van der Waals surface area (Å²) in [6.07, 6.45) is 0. The Morgan fingerprint density at radius 2 is 1.31 bits per heavy atom. The minimum Gasteiger partial charge on any atom is -0.399 e. The van der Waals surface area contributed by atoms with Crippen molar-refractivity contribution >= 4 is 61.4 Å². The highest BCUT2D eigenvalue weighted by molar-refractivity contribution is 6.62. The van der Waals surface area contributed by atoms with Crippen LogP contribution < -0.4 is 5.46 Å². The number of benzene rings is 4. The van der Waals surface area contributed by atoms with Crippen LogP contribution >= 0.6 is 0 Å². The lowest BCUT2D eigenvalue weighted by atomic mass is 9.78. The van der Waals surface area contributed by atoms with Crippen LogP contribution in [0, 0.1) is 0 Å². The average Bonchev–Trinajstić information content (AvgIpc) is 3.35. The molecule has 0 unspecified atom stereocenters. The minimum absolute atomic E-state index is 0.342. The van der Waals surface area contributed by atoms with Crippen LogP contribution in [0.2, 0.25) is 0 Å². The maximum absolute atomic E-state index is 6.30. The lowest BCUT2D eigenvalue weighted by Gasteiger charge is -2.32. The Balaban J connectivity index is 1.49. The van der Waals surface area contributed by atoms with Crippen LogP contribution in [0.5, 0.6) is 0 Å². The number of nitrogens with zero attached hydrogens (tertiary/aromatic N) is 1. The van der Waals surface area contributed by atoms with E-state index in [1.54, 1.807) is 0 Å². The fourth-order valence-corrected chi connectivity index (χ4v) is 5.32. The molecule has 0 atom stereocenters. The third kappa shape index (κ3) is 2.24. The molecule has 1 aliphatic heterocycles. The molecular weight excluding hydrogens is 393 g/mol. The lowest BCUT2D eigenvalue weighted by Crippen LogP contribution is -2.41. The van der Waals surface area contributed by atoms with Gasteiger partial charge in [0.25, 0.3) is 0 Å². The summed E-state index contributed by atoms with van der Waals surface area (Å²) >= 11 is 0. The molecule has 4 aromatic carbocycles. The van der Waals surface area contributed by atoms with E-state index in [1.807, 2.05) is 0 Å². The van der Waals surface area contributed by atoms with E-state index in [0.717, 1.165) is 5.46 Å². The zero-order valence-electron chi connectivity index (χ0n) is 18.8. The fraction of sp³-hybridized carbons (Fsp3) is 0.214. The normalized spacial score (nSPS) is 18.2. The number of aromatic nitrogens is 1. The van der Waals surface area contributed by atoms with Gasteiger partial charge in [0.15, 0.2) is 0 Å². The van der Waals surface area contributed by atoms with Gasteiger partial charge in [-0.1, -0.05) is 54.6 Å². The molecule has 0 bridgehead atoms. The number of fused-ring (bicyclic) bond motifs is 7. The maximum atomic E-state index is 6.30. The summed E-state index contributed by atoms with van der Waals surface area (Å²) in [5, 5.41) is 7.65. The molecule has 32 heavy (non-hydrogen) atoms. The standard InChI is InChI=1S/C28H24BNO2/c1-27(2)28(3,4)32-29(31-27)19-13-12-17-16-25-23(15-18(17)14-19)22-10-7-9-21-20-8-5-6-11-24(20)30(25)26(21)22/h5-16H,1-4H3.